The third-order valence-electron chi connectivity index (χ3n) is 3.31. The number of aromatic nitrogens is 1. The van der Waals surface area contributed by atoms with Crippen LogP contribution in [0.15, 0.2) is 18.5 Å². The Labute approximate surface area is 107 Å². The van der Waals surface area contributed by atoms with E-state index in [1.54, 1.807) is 0 Å². The molecule has 5 heteroatoms. The van der Waals surface area contributed by atoms with E-state index in [2.05, 4.69) is 4.98 Å². The number of carbonyl (C=O) groups excluding carboxylic acids is 2. The molecular weight excluding hydrogens is 230 g/mol. The van der Waals surface area contributed by atoms with Crippen molar-refractivity contribution in [3.63, 3.8) is 0 Å². The first-order valence-corrected chi connectivity index (χ1v) is 6.38. The van der Waals surface area contributed by atoms with Crippen molar-refractivity contribution in [2.45, 2.75) is 19.8 Å². The van der Waals surface area contributed by atoms with Crippen LogP contribution in [-0.2, 0) is 16.0 Å². The molecule has 1 fully saturated rings. The third-order valence-corrected chi connectivity index (χ3v) is 3.31. The lowest BCUT2D eigenvalue weighted by Crippen LogP contribution is -2.50. The highest BCUT2D eigenvalue weighted by atomic mass is 16.2. The molecule has 2 rings (SSSR count). The first kappa shape index (κ1) is 12.7. The Kier molecular flexibility index (Phi) is 4.02. The van der Waals surface area contributed by atoms with Gasteiger partial charge in [0.25, 0.3) is 0 Å². The fraction of sp³-hybridized carbons (Fsp3) is 0.538. The Bertz CT molecular complexity index is 406. The van der Waals surface area contributed by atoms with Gasteiger partial charge in [-0.05, 0) is 11.6 Å². The van der Waals surface area contributed by atoms with Gasteiger partial charge >= 0.3 is 0 Å². The van der Waals surface area contributed by atoms with Gasteiger partial charge in [0.1, 0.15) is 0 Å². The predicted molar refractivity (Wildman–Crippen MR) is 67.9 cm³/mol. The van der Waals surface area contributed by atoms with Gasteiger partial charge in [-0.15, -0.1) is 0 Å². The van der Waals surface area contributed by atoms with E-state index in [-0.39, 0.29) is 11.8 Å². The molecule has 0 aliphatic carbocycles. The summed E-state index contributed by atoms with van der Waals surface area (Å²) in [5, 5.41) is 0. The van der Waals surface area contributed by atoms with Gasteiger partial charge < -0.3 is 14.8 Å². The lowest BCUT2D eigenvalue weighted by molar-refractivity contribution is -0.139. The highest BCUT2D eigenvalue weighted by Gasteiger charge is 2.23. The van der Waals surface area contributed by atoms with Crippen molar-refractivity contribution in [1.82, 2.24) is 14.8 Å². The number of nitrogens with one attached hydrogen (secondary N) is 1. The average Bonchev–Trinajstić information content (AvgIpc) is 2.91. The molecule has 1 N–H and O–H groups in total. The molecule has 2 amide bonds. The maximum Gasteiger partial charge on any atom is 0.227 e. The number of nitrogens with zero attached hydrogens (tertiary/aromatic N) is 2. The summed E-state index contributed by atoms with van der Waals surface area (Å²) in [4.78, 5) is 30.2. The van der Waals surface area contributed by atoms with Crippen molar-refractivity contribution in [2.75, 3.05) is 26.2 Å². The van der Waals surface area contributed by atoms with Crippen molar-refractivity contribution < 1.29 is 9.59 Å². The molecule has 0 spiro atoms. The van der Waals surface area contributed by atoms with Crippen LogP contribution in [0, 0.1) is 0 Å². The zero-order valence-electron chi connectivity index (χ0n) is 10.7. The van der Waals surface area contributed by atoms with Gasteiger partial charge in [-0.2, -0.15) is 0 Å². The number of H-pyrrole nitrogens is 1. The molecule has 0 atom stereocenters. The molecule has 1 aliphatic rings. The first-order chi connectivity index (χ1) is 8.70. The summed E-state index contributed by atoms with van der Waals surface area (Å²) in [5.74, 6) is 0.311. The Morgan fingerprint density at radius 3 is 2.28 bits per heavy atom. The van der Waals surface area contributed by atoms with Gasteiger partial charge in [0.2, 0.25) is 11.8 Å². The smallest absolute Gasteiger partial charge is 0.227 e. The first-order valence-electron chi connectivity index (χ1n) is 6.38. The number of hydrogen-bond acceptors (Lipinski definition) is 2. The van der Waals surface area contributed by atoms with E-state index in [1.807, 2.05) is 35.2 Å². The Morgan fingerprint density at radius 1 is 1.17 bits per heavy atom. The minimum atomic E-state index is 0.137. The van der Waals surface area contributed by atoms with E-state index >= 15 is 0 Å². The number of carbonyl (C=O) groups is 2. The SMILES string of the molecule is CCC(=O)N1CCN(C(=O)Cc2cc[nH]c2)CC1. The topological polar surface area (TPSA) is 56.4 Å². The molecule has 2 heterocycles. The van der Waals surface area contributed by atoms with Crippen molar-refractivity contribution in [1.29, 1.82) is 0 Å². The van der Waals surface area contributed by atoms with Gasteiger partial charge in [-0.1, -0.05) is 6.92 Å². The van der Waals surface area contributed by atoms with Gasteiger partial charge in [-0.25, -0.2) is 0 Å². The largest absolute Gasteiger partial charge is 0.367 e. The molecule has 98 valence electrons. The Morgan fingerprint density at radius 2 is 1.78 bits per heavy atom. The number of piperazine rings is 1. The van der Waals surface area contributed by atoms with Crippen LogP contribution in [0.3, 0.4) is 0 Å². The van der Waals surface area contributed by atoms with Gasteiger partial charge in [0, 0.05) is 45.0 Å². The number of aromatic amines is 1. The molecule has 1 aromatic rings. The van der Waals surface area contributed by atoms with Gasteiger partial charge in [0.15, 0.2) is 0 Å². The number of rotatable bonds is 3. The Balaban J connectivity index is 1.82. The van der Waals surface area contributed by atoms with Gasteiger partial charge in [0.05, 0.1) is 6.42 Å². The van der Waals surface area contributed by atoms with E-state index in [0.717, 1.165) is 5.56 Å². The van der Waals surface area contributed by atoms with E-state index in [0.29, 0.717) is 39.0 Å². The molecular formula is C13H19N3O2. The van der Waals surface area contributed by atoms with Crippen LogP contribution in [0.4, 0.5) is 0 Å². The van der Waals surface area contributed by atoms with Crippen LogP contribution in [0.2, 0.25) is 0 Å². The minimum Gasteiger partial charge on any atom is -0.367 e. The summed E-state index contributed by atoms with van der Waals surface area (Å²) in [5.41, 5.74) is 1.01. The third kappa shape index (κ3) is 2.91. The molecule has 5 nitrogen and oxygen atoms in total. The lowest BCUT2D eigenvalue weighted by atomic mass is 10.2. The van der Waals surface area contributed by atoms with Crippen molar-refractivity contribution in [3.05, 3.63) is 24.0 Å². The van der Waals surface area contributed by atoms with Crippen LogP contribution >= 0.6 is 0 Å². The van der Waals surface area contributed by atoms with Crippen molar-refractivity contribution >= 4 is 11.8 Å². The molecule has 0 unspecified atom stereocenters. The van der Waals surface area contributed by atoms with Crippen molar-refractivity contribution in [2.24, 2.45) is 0 Å². The fourth-order valence-corrected chi connectivity index (χ4v) is 2.18. The Hall–Kier alpha value is -1.78. The number of hydrogen-bond donors (Lipinski definition) is 1. The van der Waals surface area contributed by atoms with Crippen molar-refractivity contribution in [3.8, 4) is 0 Å². The normalized spacial score (nSPS) is 15.8. The van der Waals surface area contributed by atoms with E-state index in [1.165, 1.54) is 0 Å². The van der Waals surface area contributed by atoms with Gasteiger partial charge in [-0.3, -0.25) is 9.59 Å². The summed E-state index contributed by atoms with van der Waals surface area (Å²) in [6, 6.07) is 1.91. The average molecular weight is 249 g/mol. The maximum absolute atomic E-state index is 12.0. The van der Waals surface area contributed by atoms with Crippen LogP contribution in [0.1, 0.15) is 18.9 Å². The number of amides is 2. The predicted octanol–water partition coefficient (Wildman–Crippen LogP) is 0.638. The molecule has 1 saturated heterocycles. The summed E-state index contributed by atoms with van der Waals surface area (Å²) < 4.78 is 0. The lowest BCUT2D eigenvalue weighted by Gasteiger charge is -2.34. The maximum atomic E-state index is 12.0. The quantitative estimate of drug-likeness (QED) is 0.854. The summed E-state index contributed by atoms with van der Waals surface area (Å²) >= 11 is 0. The van der Waals surface area contributed by atoms with Crippen LogP contribution in [0.5, 0.6) is 0 Å². The van der Waals surface area contributed by atoms with Crippen LogP contribution in [0.25, 0.3) is 0 Å². The van der Waals surface area contributed by atoms with Crippen LogP contribution in [-0.4, -0.2) is 52.8 Å². The standard InChI is InChI=1S/C13H19N3O2/c1-2-12(17)15-5-7-16(8-6-15)13(18)9-11-3-4-14-10-11/h3-4,10,14H,2,5-9H2,1H3. The molecule has 0 bridgehead atoms. The molecule has 0 saturated carbocycles. The molecule has 0 aromatic carbocycles. The molecule has 18 heavy (non-hydrogen) atoms. The summed E-state index contributed by atoms with van der Waals surface area (Å²) in [7, 11) is 0. The summed E-state index contributed by atoms with van der Waals surface area (Å²) in [6.07, 6.45) is 4.64. The monoisotopic (exact) mass is 249 g/mol. The van der Waals surface area contributed by atoms with E-state index in [4.69, 9.17) is 0 Å². The zero-order valence-corrected chi connectivity index (χ0v) is 10.7. The van der Waals surface area contributed by atoms with Crippen LogP contribution < -0.4 is 0 Å². The fourth-order valence-electron chi connectivity index (χ4n) is 2.18. The highest BCUT2D eigenvalue weighted by Crippen LogP contribution is 2.07. The molecule has 1 aliphatic heterocycles. The second-order valence-corrected chi connectivity index (χ2v) is 4.51. The molecule has 1 aromatic heterocycles. The van der Waals surface area contributed by atoms with E-state index < -0.39 is 0 Å². The second kappa shape index (κ2) is 5.71. The summed E-state index contributed by atoms with van der Waals surface area (Å²) in [6.45, 7) is 4.48. The highest BCUT2D eigenvalue weighted by molar-refractivity contribution is 5.80. The second-order valence-electron chi connectivity index (χ2n) is 4.51. The van der Waals surface area contributed by atoms with E-state index in [9.17, 15) is 9.59 Å². The zero-order chi connectivity index (χ0) is 13.0. The minimum absolute atomic E-state index is 0.137. The molecule has 0 radical (unpaired) electrons.